The highest BCUT2D eigenvalue weighted by Crippen LogP contribution is 2.49. The van der Waals surface area contributed by atoms with Gasteiger partial charge in [0.05, 0.1) is 25.7 Å². The van der Waals surface area contributed by atoms with Gasteiger partial charge in [0.1, 0.15) is 0 Å². The zero-order valence-corrected chi connectivity index (χ0v) is 16.4. The molecule has 0 saturated heterocycles. The molecule has 0 aromatic rings. The van der Waals surface area contributed by atoms with Crippen molar-refractivity contribution in [2.24, 2.45) is 11.7 Å². The maximum absolute atomic E-state index is 13.2. The number of nitrogens with two attached hydrogens (primary N) is 1. The summed E-state index contributed by atoms with van der Waals surface area (Å²) in [5.74, 6) is -0.686. The molecule has 0 saturated carbocycles. The van der Waals surface area contributed by atoms with Gasteiger partial charge in [0.25, 0.3) is 0 Å². The standard InChI is InChI=1S/C16H34N3O4P/c1-13(2)19(14(3)4)24(22)16(21,23-11-7-10-18)15(12-20)8-5-6-9-17/h13-15,20-21,24H,5-9,11-12,17H2,1-4H3/t15?,16-/m0/s1. The molecule has 0 aliphatic heterocycles. The maximum Gasteiger partial charge on any atom is 0.236 e. The van der Waals surface area contributed by atoms with E-state index in [4.69, 9.17) is 15.7 Å². The predicted molar refractivity (Wildman–Crippen MR) is 95.7 cm³/mol. The van der Waals surface area contributed by atoms with Gasteiger partial charge in [-0.2, -0.15) is 5.26 Å². The van der Waals surface area contributed by atoms with Gasteiger partial charge in [-0.25, -0.2) is 4.67 Å². The Balaban J connectivity index is 5.49. The number of aliphatic hydroxyl groups excluding tert-OH is 1. The minimum absolute atomic E-state index is 0.0270. The van der Waals surface area contributed by atoms with E-state index in [0.29, 0.717) is 19.4 Å². The van der Waals surface area contributed by atoms with Gasteiger partial charge >= 0.3 is 0 Å². The molecule has 0 radical (unpaired) electrons. The molecule has 0 spiro atoms. The number of ether oxygens (including phenoxy) is 1. The summed E-state index contributed by atoms with van der Waals surface area (Å²) in [6.07, 6.45) is 1.99. The molecule has 0 bridgehead atoms. The molecule has 0 aromatic carbocycles. The van der Waals surface area contributed by atoms with Gasteiger partial charge in [-0.1, -0.05) is 6.42 Å². The van der Waals surface area contributed by atoms with Crippen LogP contribution < -0.4 is 5.73 Å². The molecule has 8 heteroatoms. The summed E-state index contributed by atoms with van der Waals surface area (Å²) in [6.45, 7) is 7.77. The number of aliphatic hydroxyl groups is 2. The quantitative estimate of drug-likeness (QED) is 0.260. The molecule has 0 amide bonds. The van der Waals surface area contributed by atoms with E-state index in [1.54, 1.807) is 4.67 Å². The number of unbranched alkanes of at least 4 members (excludes halogenated alkanes) is 1. The van der Waals surface area contributed by atoms with Crippen LogP contribution in [-0.4, -0.2) is 52.3 Å². The number of hydrogen-bond donors (Lipinski definition) is 3. The van der Waals surface area contributed by atoms with Crippen molar-refractivity contribution in [1.82, 2.24) is 4.67 Å². The summed E-state index contributed by atoms with van der Waals surface area (Å²) in [7, 11) is -2.78. The first-order chi connectivity index (χ1) is 11.3. The molecule has 0 aromatic heterocycles. The second-order valence-electron chi connectivity index (χ2n) is 6.52. The Labute approximate surface area is 146 Å². The second kappa shape index (κ2) is 12.0. The lowest BCUT2D eigenvalue weighted by Gasteiger charge is -2.41. The molecule has 0 rings (SSSR count). The monoisotopic (exact) mass is 363 g/mol. The summed E-state index contributed by atoms with van der Waals surface area (Å²) in [6, 6.07) is 1.84. The van der Waals surface area contributed by atoms with Gasteiger partial charge < -0.3 is 25.2 Å². The van der Waals surface area contributed by atoms with Gasteiger partial charge in [0.15, 0.2) is 7.95 Å². The van der Waals surface area contributed by atoms with Crippen LogP contribution in [0.4, 0.5) is 0 Å². The molecule has 0 aliphatic carbocycles. The Hall–Kier alpha value is -0.480. The van der Waals surface area contributed by atoms with Crippen LogP contribution in [0.5, 0.6) is 0 Å². The van der Waals surface area contributed by atoms with Crippen LogP contribution >= 0.6 is 7.95 Å². The normalized spacial score (nSPS) is 17.0. The summed E-state index contributed by atoms with van der Waals surface area (Å²) in [4.78, 5) is 0. The highest BCUT2D eigenvalue weighted by Gasteiger charge is 2.46. The van der Waals surface area contributed by atoms with Gasteiger partial charge in [-0.3, -0.25) is 0 Å². The summed E-state index contributed by atoms with van der Waals surface area (Å²) in [5.41, 5.74) is 3.54. The van der Waals surface area contributed by atoms with Crippen molar-refractivity contribution in [3.63, 3.8) is 0 Å². The molecule has 2 unspecified atom stereocenters. The fraction of sp³-hybridized carbons (Fsp3) is 0.938. The molecule has 24 heavy (non-hydrogen) atoms. The molecule has 7 nitrogen and oxygen atoms in total. The average Bonchev–Trinajstić information content (AvgIpc) is 2.50. The van der Waals surface area contributed by atoms with Crippen LogP contribution in [-0.2, 0) is 9.30 Å². The first-order valence-electron chi connectivity index (χ1n) is 8.63. The minimum Gasteiger partial charge on any atom is -0.396 e. The van der Waals surface area contributed by atoms with Crippen LogP contribution in [0.25, 0.3) is 0 Å². The Morgan fingerprint density at radius 1 is 1.29 bits per heavy atom. The van der Waals surface area contributed by atoms with E-state index in [9.17, 15) is 14.8 Å². The molecular weight excluding hydrogens is 329 g/mol. The third kappa shape index (κ3) is 6.79. The van der Waals surface area contributed by atoms with E-state index in [0.717, 1.165) is 6.42 Å². The zero-order valence-electron chi connectivity index (χ0n) is 15.4. The van der Waals surface area contributed by atoms with Crippen molar-refractivity contribution in [3.05, 3.63) is 0 Å². The molecule has 0 aliphatic rings. The number of hydrogen-bond acceptors (Lipinski definition) is 6. The average molecular weight is 363 g/mol. The van der Waals surface area contributed by atoms with Crippen LogP contribution in [0.15, 0.2) is 0 Å². The largest absolute Gasteiger partial charge is 0.396 e. The van der Waals surface area contributed by atoms with Gasteiger partial charge in [0, 0.05) is 18.0 Å². The molecular formula is C16H34N3O4P. The van der Waals surface area contributed by atoms with Crippen molar-refractivity contribution in [2.75, 3.05) is 19.8 Å². The van der Waals surface area contributed by atoms with Crippen LogP contribution in [0.2, 0.25) is 0 Å². The van der Waals surface area contributed by atoms with Crippen LogP contribution in [0.1, 0.15) is 53.4 Å². The number of nitriles is 1. The van der Waals surface area contributed by atoms with Crippen molar-refractivity contribution >= 4 is 7.95 Å². The maximum atomic E-state index is 13.2. The Bertz CT molecular complexity index is 407. The van der Waals surface area contributed by atoms with E-state index >= 15 is 0 Å². The van der Waals surface area contributed by atoms with E-state index in [1.165, 1.54) is 0 Å². The van der Waals surface area contributed by atoms with Gasteiger partial charge in [-0.15, -0.1) is 0 Å². The molecule has 3 atom stereocenters. The first kappa shape index (κ1) is 23.5. The molecule has 0 fully saturated rings. The van der Waals surface area contributed by atoms with Crippen LogP contribution in [0, 0.1) is 17.2 Å². The topological polar surface area (TPSA) is 120 Å². The lowest BCUT2D eigenvalue weighted by atomic mass is 10.0. The molecule has 0 heterocycles. The van der Waals surface area contributed by atoms with E-state index in [1.807, 2.05) is 33.8 Å². The van der Waals surface area contributed by atoms with Gasteiger partial charge in [-0.05, 0) is 47.1 Å². The molecule has 4 N–H and O–H groups in total. The van der Waals surface area contributed by atoms with Crippen molar-refractivity contribution in [1.29, 1.82) is 5.26 Å². The van der Waals surface area contributed by atoms with E-state index < -0.39 is 19.4 Å². The second-order valence-corrected chi connectivity index (χ2v) is 8.36. The lowest BCUT2D eigenvalue weighted by molar-refractivity contribution is -0.184. The smallest absolute Gasteiger partial charge is 0.236 e. The predicted octanol–water partition coefficient (Wildman–Crippen LogP) is 1.89. The third-order valence-corrected chi connectivity index (χ3v) is 6.64. The van der Waals surface area contributed by atoms with Crippen molar-refractivity contribution in [2.45, 2.75) is 71.0 Å². The summed E-state index contributed by atoms with van der Waals surface area (Å²) in [5, 5.41) is 29.6. The highest BCUT2D eigenvalue weighted by molar-refractivity contribution is 7.43. The van der Waals surface area contributed by atoms with Gasteiger partial charge in [0.2, 0.25) is 5.53 Å². The fourth-order valence-corrected chi connectivity index (χ4v) is 4.92. The Kier molecular flexibility index (Phi) is 11.7. The number of nitrogens with zero attached hydrogens (tertiary/aromatic N) is 2. The molecule has 142 valence electrons. The third-order valence-electron chi connectivity index (χ3n) is 3.97. The first-order valence-corrected chi connectivity index (χ1v) is 9.98. The summed E-state index contributed by atoms with van der Waals surface area (Å²) >= 11 is 0. The summed E-state index contributed by atoms with van der Waals surface area (Å²) < 4.78 is 20.4. The van der Waals surface area contributed by atoms with E-state index in [2.05, 4.69) is 0 Å². The number of rotatable bonds is 13. The van der Waals surface area contributed by atoms with Crippen molar-refractivity contribution < 1.29 is 19.5 Å². The van der Waals surface area contributed by atoms with E-state index in [-0.39, 0.29) is 31.7 Å². The van der Waals surface area contributed by atoms with Crippen LogP contribution in [0.3, 0.4) is 0 Å². The highest BCUT2D eigenvalue weighted by atomic mass is 31.1. The van der Waals surface area contributed by atoms with Crippen molar-refractivity contribution in [3.8, 4) is 6.07 Å². The lowest BCUT2D eigenvalue weighted by Crippen LogP contribution is -2.46. The minimum atomic E-state index is -2.78. The fourth-order valence-electron chi connectivity index (χ4n) is 2.80. The Morgan fingerprint density at radius 2 is 1.88 bits per heavy atom. The zero-order chi connectivity index (χ0) is 18.8. The Morgan fingerprint density at radius 3 is 2.29 bits per heavy atom. The SMILES string of the molecule is CC(C)N(C(C)C)[PH](=O)[C@@](O)(OCCC#N)C(CO)CCCCN.